The number of hydrogen-bond acceptors (Lipinski definition) is 2. The van der Waals surface area contributed by atoms with Crippen LogP contribution in [0.4, 0.5) is 26.3 Å². The van der Waals surface area contributed by atoms with E-state index in [0.29, 0.717) is 0 Å². The molecule has 0 radical (unpaired) electrons. The van der Waals surface area contributed by atoms with Crippen LogP contribution in [-0.4, -0.2) is 37.8 Å². The van der Waals surface area contributed by atoms with Crippen molar-refractivity contribution >= 4 is 0 Å². The first-order valence-electron chi connectivity index (χ1n) is 2.86. The van der Waals surface area contributed by atoms with E-state index in [9.17, 15) is 26.3 Å². The Hall–Kier alpha value is -0.500. The normalized spacial score (nSPS) is 11.5. The van der Waals surface area contributed by atoms with Gasteiger partial charge in [0.05, 0.1) is 0 Å². The number of halogens is 6. The molecule has 0 saturated heterocycles. The summed E-state index contributed by atoms with van der Waals surface area (Å²) in [6.07, 6.45) is -3.98. The Labute approximate surface area is 70.1 Å². The first-order chi connectivity index (χ1) is 5.86. The molecule has 0 amide bonds. The van der Waals surface area contributed by atoms with Crippen LogP contribution >= 0.6 is 0 Å². The molecular formula is C5H8F6O2. The Morgan fingerprint density at radius 3 is 1.77 bits per heavy atom. The third-order valence-corrected chi connectivity index (χ3v) is 0.721. The van der Waals surface area contributed by atoms with Gasteiger partial charge in [-0.2, -0.15) is 17.6 Å². The Morgan fingerprint density at radius 2 is 1.54 bits per heavy atom. The van der Waals surface area contributed by atoms with Crippen LogP contribution < -0.4 is 0 Å². The third kappa shape index (κ3) is 7.85. The van der Waals surface area contributed by atoms with Crippen LogP contribution in [0.25, 0.3) is 0 Å². The standard InChI is InChI=1S/C4H4F6O.CH4O/c5-2(6)4(9,10)1-11-3(7)8;1-2/h2-3H,1H2;2H,1H3. The van der Waals surface area contributed by atoms with E-state index in [1.165, 1.54) is 0 Å². The fourth-order valence-corrected chi connectivity index (χ4v) is 0.237. The minimum atomic E-state index is -4.50. The van der Waals surface area contributed by atoms with Gasteiger partial charge in [0, 0.05) is 7.11 Å². The summed E-state index contributed by atoms with van der Waals surface area (Å²) in [7, 11) is 1.00. The van der Waals surface area contributed by atoms with Crippen molar-refractivity contribution in [3.63, 3.8) is 0 Å². The Kier molecular flexibility index (Phi) is 8.02. The Bertz CT molecular complexity index is 118. The predicted molar refractivity (Wildman–Crippen MR) is 31.0 cm³/mol. The molecule has 1 N–H and O–H groups in total. The van der Waals surface area contributed by atoms with Crippen molar-refractivity contribution in [2.75, 3.05) is 13.7 Å². The van der Waals surface area contributed by atoms with Gasteiger partial charge in [-0.25, -0.2) is 8.78 Å². The number of hydrogen-bond donors (Lipinski definition) is 1. The molecule has 13 heavy (non-hydrogen) atoms. The zero-order valence-corrected chi connectivity index (χ0v) is 6.49. The quantitative estimate of drug-likeness (QED) is 0.722. The minimum Gasteiger partial charge on any atom is -0.400 e. The summed E-state index contributed by atoms with van der Waals surface area (Å²) < 4.78 is 70.8. The second-order valence-corrected chi connectivity index (χ2v) is 1.63. The van der Waals surface area contributed by atoms with E-state index in [1.54, 1.807) is 0 Å². The SMILES string of the molecule is CO.FC(F)OCC(F)(F)C(F)F. The molecular weight excluding hydrogens is 206 g/mol. The van der Waals surface area contributed by atoms with Gasteiger partial charge in [-0.1, -0.05) is 0 Å². The first-order valence-corrected chi connectivity index (χ1v) is 2.86. The number of rotatable bonds is 4. The predicted octanol–water partition coefficient (Wildman–Crippen LogP) is 1.73. The second-order valence-electron chi connectivity index (χ2n) is 1.63. The van der Waals surface area contributed by atoms with Crippen LogP contribution in [0.2, 0.25) is 0 Å². The maximum Gasteiger partial charge on any atom is 0.345 e. The van der Waals surface area contributed by atoms with E-state index in [-0.39, 0.29) is 0 Å². The highest BCUT2D eigenvalue weighted by Gasteiger charge is 2.41. The molecule has 0 unspecified atom stereocenters. The molecule has 0 rings (SSSR count). The number of ether oxygens (including phenoxy) is 1. The van der Waals surface area contributed by atoms with Crippen LogP contribution in [0.3, 0.4) is 0 Å². The van der Waals surface area contributed by atoms with Gasteiger partial charge in [0.1, 0.15) is 6.61 Å². The van der Waals surface area contributed by atoms with Crippen molar-refractivity contribution < 1.29 is 36.2 Å². The topological polar surface area (TPSA) is 29.5 Å². The molecule has 0 heterocycles. The fraction of sp³-hybridized carbons (Fsp3) is 1.00. The number of alkyl halides is 6. The lowest BCUT2D eigenvalue weighted by molar-refractivity contribution is -0.218. The van der Waals surface area contributed by atoms with Crippen LogP contribution in [0.5, 0.6) is 0 Å². The first kappa shape index (κ1) is 15.0. The molecule has 2 nitrogen and oxygen atoms in total. The van der Waals surface area contributed by atoms with Crippen LogP contribution in [0.1, 0.15) is 0 Å². The highest BCUT2D eigenvalue weighted by Crippen LogP contribution is 2.23. The molecule has 0 atom stereocenters. The van der Waals surface area contributed by atoms with Gasteiger partial charge in [0.15, 0.2) is 0 Å². The number of aliphatic hydroxyl groups excluding tert-OH is 1. The van der Waals surface area contributed by atoms with Crippen LogP contribution in [0.15, 0.2) is 0 Å². The Morgan fingerprint density at radius 1 is 1.15 bits per heavy atom. The lowest BCUT2D eigenvalue weighted by atomic mass is 10.4. The van der Waals surface area contributed by atoms with Crippen molar-refractivity contribution in [2.24, 2.45) is 0 Å². The largest absolute Gasteiger partial charge is 0.400 e. The third-order valence-electron chi connectivity index (χ3n) is 0.721. The molecule has 0 bridgehead atoms. The average Bonchev–Trinajstić information content (AvgIpc) is 2.05. The van der Waals surface area contributed by atoms with Crippen molar-refractivity contribution in [1.82, 2.24) is 0 Å². The lowest BCUT2D eigenvalue weighted by Gasteiger charge is -2.14. The highest BCUT2D eigenvalue weighted by molar-refractivity contribution is 4.67. The van der Waals surface area contributed by atoms with Gasteiger partial charge < -0.3 is 9.84 Å². The van der Waals surface area contributed by atoms with E-state index >= 15 is 0 Å². The van der Waals surface area contributed by atoms with Gasteiger partial charge in [-0.3, -0.25) is 0 Å². The summed E-state index contributed by atoms with van der Waals surface area (Å²) in [4.78, 5) is 0. The van der Waals surface area contributed by atoms with Gasteiger partial charge >= 0.3 is 19.0 Å². The maximum absolute atomic E-state index is 11.7. The Balaban J connectivity index is 0. The van der Waals surface area contributed by atoms with Crippen molar-refractivity contribution in [1.29, 1.82) is 0 Å². The van der Waals surface area contributed by atoms with Gasteiger partial charge in [0.2, 0.25) is 0 Å². The summed E-state index contributed by atoms with van der Waals surface area (Å²) in [5.41, 5.74) is 0. The minimum absolute atomic E-state index is 1.00. The highest BCUT2D eigenvalue weighted by atomic mass is 19.3. The molecule has 0 aromatic heterocycles. The summed E-state index contributed by atoms with van der Waals surface area (Å²) in [5, 5.41) is 7.00. The van der Waals surface area contributed by atoms with E-state index in [0.717, 1.165) is 7.11 Å². The molecule has 0 aliphatic carbocycles. The smallest absolute Gasteiger partial charge is 0.345 e. The van der Waals surface area contributed by atoms with Gasteiger partial charge in [-0.15, -0.1) is 0 Å². The molecule has 0 aliphatic rings. The molecule has 0 aliphatic heterocycles. The van der Waals surface area contributed by atoms with Crippen molar-refractivity contribution in [2.45, 2.75) is 19.0 Å². The summed E-state index contributed by atoms with van der Waals surface area (Å²) in [6.45, 7) is -5.43. The summed E-state index contributed by atoms with van der Waals surface area (Å²) in [5.74, 6) is -4.50. The molecule has 0 fully saturated rings. The van der Waals surface area contributed by atoms with Gasteiger partial charge in [-0.05, 0) is 0 Å². The monoisotopic (exact) mass is 214 g/mol. The van der Waals surface area contributed by atoms with E-state index < -0.39 is 25.6 Å². The van der Waals surface area contributed by atoms with Crippen molar-refractivity contribution in [3.05, 3.63) is 0 Å². The maximum atomic E-state index is 11.7. The zero-order chi connectivity index (χ0) is 11.1. The summed E-state index contributed by atoms with van der Waals surface area (Å²) in [6, 6.07) is 0. The second kappa shape index (κ2) is 6.96. The number of aliphatic hydroxyl groups is 1. The molecule has 0 aromatic rings. The van der Waals surface area contributed by atoms with E-state index in [4.69, 9.17) is 5.11 Å². The molecule has 8 heteroatoms. The average molecular weight is 214 g/mol. The molecule has 0 aromatic carbocycles. The fourth-order valence-electron chi connectivity index (χ4n) is 0.237. The molecule has 0 spiro atoms. The molecule has 0 saturated carbocycles. The lowest BCUT2D eigenvalue weighted by Crippen LogP contribution is -2.33. The molecule has 82 valence electrons. The van der Waals surface area contributed by atoms with Crippen LogP contribution in [0, 0.1) is 0 Å². The zero-order valence-electron chi connectivity index (χ0n) is 6.49. The van der Waals surface area contributed by atoms with Crippen LogP contribution in [-0.2, 0) is 4.74 Å². The summed E-state index contributed by atoms with van der Waals surface area (Å²) >= 11 is 0. The van der Waals surface area contributed by atoms with E-state index in [2.05, 4.69) is 4.74 Å². The van der Waals surface area contributed by atoms with E-state index in [1.807, 2.05) is 0 Å². The van der Waals surface area contributed by atoms with Gasteiger partial charge in [0.25, 0.3) is 0 Å². The van der Waals surface area contributed by atoms with Crippen molar-refractivity contribution in [3.8, 4) is 0 Å².